The van der Waals surface area contributed by atoms with Gasteiger partial charge in [-0.2, -0.15) is 5.10 Å². The van der Waals surface area contributed by atoms with Crippen LogP contribution in [0.2, 0.25) is 0 Å². The average molecular weight is 276 g/mol. The Morgan fingerprint density at radius 3 is 2.58 bits per heavy atom. The number of aromatic amines is 1. The van der Waals surface area contributed by atoms with Gasteiger partial charge in [-0.3, -0.25) is 5.10 Å². The monoisotopic (exact) mass is 276 g/mol. The van der Waals surface area contributed by atoms with Gasteiger partial charge in [0.15, 0.2) is 5.82 Å². The quantitative estimate of drug-likeness (QED) is 0.823. The molecule has 0 unspecified atom stereocenters. The molecule has 2 aromatic rings. The second-order valence-corrected chi connectivity index (χ2v) is 5.25. The zero-order valence-corrected chi connectivity index (χ0v) is 12.4. The van der Waals surface area contributed by atoms with E-state index in [0.29, 0.717) is 10.7 Å². The van der Waals surface area contributed by atoms with Crippen molar-refractivity contribution in [2.45, 2.75) is 39.7 Å². The molecule has 2 rings (SSSR count). The standard InChI is InChI=1S/C14H20N4S/c1-4-13-16-17-14(19)18(13)15-9-11-5-7-12(8-6-11)10(2)3/h5-8,10,15H,4,9H2,1-3H3,(H,17,19). The number of hydrogen-bond acceptors (Lipinski definition) is 3. The SMILES string of the molecule is CCc1n[nH]c(=S)n1NCc1ccc(C(C)C)cc1. The topological polar surface area (TPSA) is 45.6 Å². The molecule has 1 heterocycles. The zero-order chi connectivity index (χ0) is 13.8. The van der Waals surface area contributed by atoms with Crippen LogP contribution in [-0.4, -0.2) is 14.9 Å². The van der Waals surface area contributed by atoms with Crippen LogP contribution in [0.4, 0.5) is 0 Å². The lowest BCUT2D eigenvalue weighted by Gasteiger charge is -2.10. The lowest BCUT2D eigenvalue weighted by Crippen LogP contribution is -2.17. The number of rotatable bonds is 5. The molecule has 1 aromatic heterocycles. The van der Waals surface area contributed by atoms with Crippen molar-refractivity contribution in [1.29, 1.82) is 0 Å². The number of H-pyrrole nitrogens is 1. The number of aromatic nitrogens is 3. The number of nitrogens with zero attached hydrogens (tertiary/aromatic N) is 2. The highest BCUT2D eigenvalue weighted by molar-refractivity contribution is 7.71. The van der Waals surface area contributed by atoms with E-state index < -0.39 is 0 Å². The molecule has 102 valence electrons. The van der Waals surface area contributed by atoms with Crippen LogP contribution in [0.3, 0.4) is 0 Å². The molecule has 0 atom stereocenters. The first-order chi connectivity index (χ1) is 9.11. The molecule has 0 saturated carbocycles. The molecule has 0 fully saturated rings. The molecule has 0 radical (unpaired) electrons. The Morgan fingerprint density at radius 2 is 2.00 bits per heavy atom. The Hall–Kier alpha value is -1.62. The van der Waals surface area contributed by atoms with Crippen molar-refractivity contribution in [3.05, 3.63) is 46.0 Å². The van der Waals surface area contributed by atoms with Crippen LogP contribution in [0.25, 0.3) is 0 Å². The third-order valence-corrected chi connectivity index (χ3v) is 3.42. The third-order valence-electron chi connectivity index (χ3n) is 3.15. The maximum atomic E-state index is 5.19. The van der Waals surface area contributed by atoms with E-state index in [1.54, 1.807) is 0 Å². The Bertz CT molecular complexity index is 580. The Kier molecular flexibility index (Phi) is 4.37. The van der Waals surface area contributed by atoms with Crippen molar-refractivity contribution >= 4 is 12.2 Å². The first kappa shape index (κ1) is 13.8. The largest absolute Gasteiger partial charge is 0.318 e. The van der Waals surface area contributed by atoms with Gasteiger partial charge in [0.2, 0.25) is 4.77 Å². The fourth-order valence-corrected chi connectivity index (χ4v) is 2.14. The minimum atomic E-state index is 0.566. The fourth-order valence-electron chi connectivity index (χ4n) is 1.92. The van der Waals surface area contributed by atoms with E-state index in [1.165, 1.54) is 11.1 Å². The summed E-state index contributed by atoms with van der Waals surface area (Å²) < 4.78 is 2.45. The Labute approximate surface area is 118 Å². The highest BCUT2D eigenvalue weighted by Gasteiger charge is 2.03. The molecule has 0 saturated heterocycles. The molecule has 0 aliphatic rings. The van der Waals surface area contributed by atoms with Crippen molar-refractivity contribution in [2.75, 3.05) is 5.43 Å². The molecule has 0 amide bonds. The van der Waals surface area contributed by atoms with Crippen molar-refractivity contribution < 1.29 is 0 Å². The maximum Gasteiger partial charge on any atom is 0.214 e. The lowest BCUT2D eigenvalue weighted by atomic mass is 10.0. The van der Waals surface area contributed by atoms with E-state index in [-0.39, 0.29) is 0 Å². The molecule has 0 aliphatic carbocycles. The predicted octanol–water partition coefficient (Wildman–Crippen LogP) is 3.37. The van der Waals surface area contributed by atoms with Gasteiger partial charge in [0.1, 0.15) is 0 Å². The molecule has 5 heteroatoms. The van der Waals surface area contributed by atoms with Gasteiger partial charge < -0.3 is 5.43 Å². The zero-order valence-electron chi connectivity index (χ0n) is 11.6. The summed E-state index contributed by atoms with van der Waals surface area (Å²) in [5.41, 5.74) is 5.89. The molecule has 1 aromatic carbocycles. The van der Waals surface area contributed by atoms with Gasteiger partial charge in [-0.1, -0.05) is 45.0 Å². The molecular weight excluding hydrogens is 256 g/mol. The van der Waals surface area contributed by atoms with Gasteiger partial charge in [-0.05, 0) is 29.3 Å². The minimum Gasteiger partial charge on any atom is -0.318 e. The highest BCUT2D eigenvalue weighted by atomic mass is 32.1. The van der Waals surface area contributed by atoms with E-state index in [0.717, 1.165) is 18.8 Å². The van der Waals surface area contributed by atoms with Crippen LogP contribution in [0.5, 0.6) is 0 Å². The highest BCUT2D eigenvalue weighted by Crippen LogP contribution is 2.14. The molecular formula is C14H20N4S. The van der Waals surface area contributed by atoms with E-state index in [4.69, 9.17) is 12.2 Å². The fraction of sp³-hybridized carbons (Fsp3) is 0.429. The number of benzene rings is 1. The third kappa shape index (κ3) is 3.23. The summed E-state index contributed by atoms with van der Waals surface area (Å²) in [5.74, 6) is 1.49. The first-order valence-electron chi connectivity index (χ1n) is 6.60. The van der Waals surface area contributed by atoms with E-state index >= 15 is 0 Å². The van der Waals surface area contributed by atoms with E-state index in [2.05, 4.69) is 60.7 Å². The lowest BCUT2D eigenvalue weighted by molar-refractivity contribution is 0.763. The van der Waals surface area contributed by atoms with E-state index in [9.17, 15) is 0 Å². The van der Waals surface area contributed by atoms with E-state index in [1.807, 2.05) is 4.68 Å². The summed E-state index contributed by atoms with van der Waals surface area (Å²) in [6, 6.07) is 8.66. The first-order valence-corrected chi connectivity index (χ1v) is 7.01. The van der Waals surface area contributed by atoms with Crippen molar-refractivity contribution in [1.82, 2.24) is 14.9 Å². The number of aryl methyl sites for hydroxylation is 1. The van der Waals surface area contributed by atoms with Crippen molar-refractivity contribution in [2.24, 2.45) is 0 Å². The summed E-state index contributed by atoms with van der Waals surface area (Å²) in [6.07, 6.45) is 0.840. The van der Waals surface area contributed by atoms with Crippen LogP contribution < -0.4 is 5.43 Å². The van der Waals surface area contributed by atoms with Gasteiger partial charge in [-0.25, -0.2) is 4.68 Å². The second kappa shape index (κ2) is 6.02. The smallest absolute Gasteiger partial charge is 0.214 e. The second-order valence-electron chi connectivity index (χ2n) is 4.87. The molecule has 19 heavy (non-hydrogen) atoms. The summed E-state index contributed by atoms with van der Waals surface area (Å²) >= 11 is 5.19. The molecule has 4 nitrogen and oxygen atoms in total. The van der Waals surface area contributed by atoms with Crippen LogP contribution in [0.15, 0.2) is 24.3 Å². The number of nitrogens with one attached hydrogen (secondary N) is 2. The van der Waals surface area contributed by atoms with Gasteiger partial charge in [0.25, 0.3) is 0 Å². The van der Waals surface area contributed by atoms with Crippen LogP contribution in [0, 0.1) is 4.77 Å². The minimum absolute atomic E-state index is 0.566. The summed E-state index contributed by atoms with van der Waals surface area (Å²) in [7, 11) is 0. The van der Waals surface area contributed by atoms with Gasteiger partial charge in [-0.15, -0.1) is 0 Å². The Morgan fingerprint density at radius 1 is 1.32 bits per heavy atom. The number of hydrogen-bond donors (Lipinski definition) is 2. The predicted molar refractivity (Wildman–Crippen MR) is 80.4 cm³/mol. The maximum absolute atomic E-state index is 5.19. The van der Waals surface area contributed by atoms with Crippen molar-refractivity contribution in [3.8, 4) is 0 Å². The van der Waals surface area contributed by atoms with Crippen LogP contribution in [0.1, 0.15) is 43.6 Å². The average Bonchev–Trinajstić information content (AvgIpc) is 2.77. The molecule has 0 aliphatic heterocycles. The van der Waals surface area contributed by atoms with Gasteiger partial charge in [0.05, 0.1) is 6.54 Å². The molecule has 0 spiro atoms. The van der Waals surface area contributed by atoms with Crippen LogP contribution >= 0.6 is 12.2 Å². The summed E-state index contributed by atoms with van der Waals surface area (Å²) in [4.78, 5) is 0. The summed E-state index contributed by atoms with van der Waals surface area (Å²) in [5, 5.41) is 6.97. The molecule has 2 N–H and O–H groups in total. The van der Waals surface area contributed by atoms with Crippen LogP contribution in [-0.2, 0) is 13.0 Å². The van der Waals surface area contributed by atoms with Gasteiger partial charge in [0, 0.05) is 6.42 Å². The Balaban J connectivity index is 2.06. The molecule has 0 bridgehead atoms. The van der Waals surface area contributed by atoms with Crippen molar-refractivity contribution in [3.63, 3.8) is 0 Å². The summed E-state index contributed by atoms with van der Waals surface area (Å²) in [6.45, 7) is 7.19. The van der Waals surface area contributed by atoms with Gasteiger partial charge >= 0.3 is 0 Å². The normalized spacial score (nSPS) is 10.9.